The quantitative estimate of drug-likeness (QED) is 0.689. The fraction of sp³-hybridized carbons (Fsp3) is 0.500. The lowest BCUT2D eigenvalue weighted by atomic mass is 9.93. The topological polar surface area (TPSA) is 91.6 Å². The van der Waals surface area contributed by atoms with Gasteiger partial charge in [0, 0.05) is 25.1 Å². The van der Waals surface area contributed by atoms with E-state index in [0.29, 0.717) is 12.3 Å². The molecule has 6 nitrogen and oxygen atoms in total. The summed E-state index contributed by atoms with van der Waals surface area (Å²) in [5.74, 6) is 0.272. The van der Waals surface area contributed by atoms with Crippen molar-refractivity contribution in [3.63, 3.8) is 0 Å². The molecule has 0 spiro atoms. The Hall–Kier alpha value is -2.08. The van der Waals surface area contributed by atoms with Crippen LogP contribution >= 0.6 is 0 Å². The summed E-state index contributed by atoms with van der Waals surface area (Å²) in [6.07, 6.45) is 7.59. The Morgan fingerprint density at radius 2 is 2.09 bits per heavy atom. The van der Waals surface area contributed by atoms with Gasteiger partial charge < -0.3 is 20.2 Å². The van der Waals surface area contributed by atoms with Crippen LogP contribution in [0.5, 0.6) is 0 Å². The first-order valence-corrected chi connectivity index (χ1v) is 7.60. The molecule has 1 saturated carbocycles. The highest BCUT2D eigenvalue weighted by Crippen LogP contribution is 2.18. The predicted octanol–water partition coefficient (Wildman–Crippen LogP) is 1.22. The average molecular weight is 306 g/mol. The first-order chi connectivity index (χ1) is 10.6. The van der Waals surface area contributed by atoms with Crippen LogP contribution in [0.4, 0.5) is 0 Å². The number of amides is 2. The van der Waals surface area contributed by atoms with E-state index in [2.05, 4.69) is 10.6 Å². The molecule has 0 aliphatic heterocycles. The highest BCUT2D eigenvalue weighted by molar-refractivity contribution is 5.91. The Balaban J connectivity index is 1.59. The number of hydrogen-bond acceptors (Lipinski definition) is 4. The lowest BCUT2D eigenvalue weighted by Gasteiger charge is -2.26. The molecule has 22 heavy (non-hydrogen) atoms. The zero-order valence-electron chi connectivity index (χ0n) is 12.5. The molecular weight excluding hydrogens is 284 g/mol. The number of hydrogen-bond donors (Lipinski definition) is 3. The van der Waals surface area contributed by atoms with E-state index in [1.807, 2.05) is 0 Å². The molecule has 1 aliphatic carbocycles. The van der Waals surface area contributed by atoms with Crippen LogP contribution in [-0.2, 0) is 9.59 Å². The molecule has 2 rings (SSSR count). The van der Waals surface area contributed by atoms with Gasteiger partial charge in [-0.2, -0.15) is 0 Å². The summed E-state index contributed by atoms with van der Waals surface area (Å²) in [6.45, 7) is 0.294. The smallest absolute Gasteiger partial charge is 0.244 e. The zero-order chi connectivity index (χ0) is 15.8. The summed E-state index contributed by atoms with van der Waals surface area (Å²) in [5.41, 5.74) is 0. The summed E-state index contributed by atoms with van der Waals surface area (Å²) in [6, 6.07) is 3.63. The summed E-state index contributed by atoms with van der Waals surface area (Å²) in [5, 5.41) is 15.0. The summed E-state index contributed by atoms with van der Waals surface area (Å²) >= 11 is 0. The standard InChI is InChI=1S/C16H22N2O4/c19-13-5-3-12(4-6-13)18-16(21)9-10-17-15(20)8-7-14-2-1-11-22-14/h1-2,7-8,11-13,19H,3-6,9-10H2,(H,17,20)(H,18,21). The van der Waals surface area contributed by atoms with Crippen LogP contribution in [0.25, 0.3) is 6.08 Å². The van der Waals surface area contributed by atoms with Crippen LogP contribution in [0.15, 0.2) is 28.9 Å². The lowest BCUT2D eigenvalue weighted by molar-refractivity contribution is -0.122. The molecule has 0 atom stereocenters. The van der Waals surface area contributed by atoms with Gasteiger partial charge in [0.15, 0.2) is 0 Å². The number of aliphatic hydroxyl groups excluding tert-OH is 1. The van der Waals surface area contributed by atoms with Crippen molar-refractivity contribution in [2.24, 2.45) is 0 Å². The Bertz CT molecular complexity index is 502. The van der Waals surface area contributed by atoms with Crippen LogP contribution < -0.4 is 10.6 Å². The maximum absolute atomic E-state index is 11.8. The van der Waals surface area contributed by atoms with E-state index in [1.54, 1.807) is 18.2 Å². The van der Waals surface area contributed by atoms with Gasteiger partial charge in [-0.3, -0.25) is 9.59 Å². The van der Waals surface area contributed by atoms with Gasteiger partial charge >= 0.3 is 0 Å². The van der Waals surface area contributed by atoms with Gasteiger partial charge in [-0.05, 0) is 43.9 Å². The van der Waals surface area contributed by atoms with Gasteiger partial charge in [0.25, 0.3) is 0 Å². The van der Waals surface area contributed by atoms with Crippen molar-refractivity contribution in [2.45, 2.75) is 44.2 Å². The van der Waals surface area contributed by atoms with Crippen LogP contribution in [-0.4, -0.2) is 35.6 Å². The second-order valence-corrected chi connectivity index (χ2v) is 5.46. The van der Waals surface area contributed by atoms with Crippen LogP contribution in [0.3, 0.4) is 0 Å². The second kappa shape index (κ2) is 8.38. The minimum Gasteiger partial charge on any atom is -0.465 e. The molecule has 120 valence electrons. The van der Waals surface area contributed by atoms with Crippen molar-refractivity contribution < 1.29 is 19.1 Å². The summed E-state index contributed by atoms with van der Waals surface area (Å²) in [7, 11) is 0. The molecule has 1 heterocycles. The minimum absolute atomic E-state index is 0.0725. The average Bonchev–Trinajstić information content (AvgIpc) is 3.01. The Morgan fingerprint density at radius 3 is 2.77 bits per heavy atom. The molecule has 0 bridgehead atoms. The molecule has 0 unspecified atom stereocenters. The zero-order valence-corrected chi connectivity index (χ0v) is 12.5. The van der Waals surface area contributed by atoms with E-state index in [4.69, 9.17) is 4.42 Å². The number of nitrogens with one attached hydrogen (secondary N) is 2. The number of aliphatic hydroxyl groups is 1. The second-order valence-electron chi connectivity index (χ2n) is 5.46. The molecule has 0 aromatic carbocycles. The van der Waals surface area contributed by atoms with Crippen molar-refractivity contribution in [2.75, 3.05) is 6.54 Å². The Kier molecular flexibility index (Phi) is 6.21. The molecule has 1 fully saturated rings. The van der Waals surface area contributed by atoms with E-state index in [-0.39, 0.29) is 30.4 Å². The van der Waals surface area contributed by atoms with Gasteiger partial charge in [-0.15, -0.1) is 0 Å². The van der Waals surface area contributed by atoms with E-state index in [1.165, 1.54) is 12.3 Å². The number of carbonyl (C=O) groups excluding carboxylic acids is 2. The lowest BCUT2D eigenvalue weighted by Crippen LogP contribution is -2.39. The van der Waals surface area contributed by atoms with Crippen LogP contribution in [0.1, 0.15) is 37.9 Å². The van der Waals surface area contributed by atoms with Crippen molar-refractivity contribution >= 4 is 17.9 Å². The van der Waals surface area contributed by atoms with Crippen LogP contribution in [0.2, 0.25) is 0 Å². The van der Waals surface area contributed by atoms with Crippen molar-refractivity contribution in [3.05, 3.63) is 30.2 Å². The van der Waals surface area contributed by atoms with Gasteiger partial charge in [-0.25, -0.2) is 0 Å². The fourth-order valence-corrected chi connectivity index (χ4v) is 2.42. The highest BCUT2D eigenvalue weighted by atomic mass is 16.3. The molecule has 1 aromatic heterocycles. The Labute approximate surface area is 129 Å². The van der Waals surface area contributed by atoms with E-state index < -0.39 is 0 Å². The first kappa shape index (κ1) is 16.3. The van der Waals surface area contributed by atoms with Gasteiger partial charge in [0.05, 0.1) is 12.4 Å². The first-order valence-electron chi connectivity index (χ1n) is 7.60. The molecule has 0 radical (unpaired) electrons. The van der Waals surface area contributed by atoms with Gasteiger partial charge in [0.1, 0.15) is 5.76 Å². The molecular formula is C16H22N2O4. The minimum atomic E-state index is -0.259. The SMILES string of the molecule is O=C(C=Cc1ccco1)NCCC(=O)NC1CCC(O)CC1. The Morgan fingerprint density at radius 1 is 1.32 bits per heavy atom. The summed E-state index contributed by atoms with van der Waals surface area (Å²) < 4.78 is 5.07. The largest absolute Gasteiger partial charge is 0.465 e. The van der Waals surface area contributed by atoms with Gasteiger partial charge in [0.2, 0.25) is 11.8 Å². The molecule has 3 N–H and O–H groups in total. The highest BCUT2D eigenvalue weighted by Gasteiger charge is 2.20. The van der Waals surface area contributed by atoms with E-state index in [0.717, 1.165) is 25.7 Å². The normalized spacial score (nSPS) is 21.7. The van der Waals surface area contributed by atoms with E-state index in [9.17, 15) is 14.7 Å². The molecule has 1 aliphatic rings. The number of carbonyl (C=O) groups is 2. The fourth-order valence-electron chi connectivity index (χ4n) is 2.42. The number of furan rings is 1. The predicted molar refractivity (Wildman–Crippen MR) is 81.8 cm³/mol. The van der Waals surface area contributed by atoms with Crippen LogP contribution in [0, 0.1) is 0 Å². The third-order valence-electron chi connectivity index (χ3n) is 3.66. The monoisotopic (exact) mass is 306 g/mol. The summed E-state index contributed by atoms with van der Waals surface area (Å²) in [4.78, 5) is 23.3. The van der Waals surface area contributed by atoms with Crippen molar-refractivity contribution in [1.82, 2.24) is 10.6 Å². The molecule has 0 saturated heterocycles. The van der Waals surface area contributed by atoms with Crippen molar-refractivity contribution in [3.8, 4) is 0 Å². The maximum atomic E-state index is 11.8. The molecule has 6 heteroatoms. The van der Waals surface area contributed by atoms with Crippen molar-refractivity contribution in [1.29, 1.82) is 0 Å². The molecule has 1 aromatic rings. The van der Waals surface area contributed by atoms with E-state index >= 15 is 0 Å². The van der Waals surface area contributed by atoms with Gasteiger partial charge in [-0.1, -0.05) is 0 Å². The third kappa shape index (κ3) is 5.73. The third-order valence-corrected chi connectivity index (χ3v) is 3.66. The molecule has 2 amide bonds. The maximum Gasteiger partial charge on any atom is 0.244 e. The number of rotatable bonds is 6.